The molecule has 1 rings (SSSR count). The Bertz CT molecular complexity index is 186. The third-order valence-electron chi connectivity index (χ3n) is 3.84. The van der Waals surface area contributed by atoms with Gasteiger partial charge in [0.25, 0.3) is 0 Å². The highest BCUT2D eigenvalue weighted by Gasteiger charge is 2.33. The first kappa shape index (κ1) is 16.0. The molecule has 18 heavy (non-hydrogen) atoms. The SMILES string of the molecule is CCCCCCCCC1(CCCC)OCCCO1. The lowest BCUT2D eigenvalue weighted by Crippen LogP contribution is -2.40. The Balaban J connectivity index is 2.19. The van der Waals surface area contributed by atoms with Crippen molar-refractivity contribution in [3.05, 3.63) is 0 Å². The van der Waals surface area contributed by atoms with Crippen molar-refractivity contribution in [2.45, 2.75) is 90.3 Å². The summed E-state index contributed by atoms with van der Waals surface area (Å²) >= 11 is 0. The van der Waals surface area contributed by atoms with Crippen LogP contribution in [0.2, 0.25) is 0 Å². The lowest BCUT2D eigenvalue weighted by molar-refractivity contribution is -0.274. The number of ether oxygens (including phenoxy) is 2. The highest BCUT2D eigenvalue weighted by Crippen LogP contribution is 2.30. The topological polar surface area (TPSA) is 18.5 Å². The summed E-state index contributed by atoms with van der Waals surface area (Å²) in [6, 6.07) is 0. The number of rotatable bonds is 10. The highest BCUT2D eigenvalue weighted by atomic mass is 16.7. The molecule has 1 aliphatic rings. The third kappa shape index (κ3) is 6.19. The Hall–Kier alpha value is -0.0800. The molecule has 1 heterocycles. The smallest absolute Gasteiger partial charge is 0.168 e. The fraction of sp³-hybridized carbons (Fsp3) is 1.00. The van der Waals surface area contributed by atoms with E-state index >= 15 is 0 Å². The molecule has 2 heteroatoms. The summed E-state index contributed by atoms with van der Waals surface area (Å²) in [5.41, 5.74) is 0. The van der Waals surface area contributed by atoms with Crippen LogP contribution in [0.4, 0.5) is 0 Å². The molecule has 0 saturated carbocycles. The van der Waals surface area contributed by atoms with E-state index in [0.29, 0.717) is 0 Å². The molecule has 1 aliphatic heterocycles. The molecular formula is C16H32O2. The first-order valence-corrected chi connectivity index (χ1v) is 8.11. The van der Waals surface area contributed by atoms with Gasteiger partial charge < -0.3 is 9.47 Å². The van der Waals surface area contributed by atoms with Gasteiger partial charge in [-0.2, -0.15) is 0 Å². The minimum absolute atomic E-state index is 0.223. The maximum Gasteiger partial charge on any atom is 0.168 e. The molecule has 1 fully saturated rings. The van der Waals surface area contributed by atoms with Gasteiger partial charge in [-0.3, -0.25) is 0 Å². The molecule has 0 atom stereocenters. The van der Waals surface area contributed by atoms with E-state index in [1.807, 2.05) is 0 Å². The van der Waals surface area contributed by atoms with Gasteiger partial charge >= 0.3 is 0 Å². The van der Waals surface area contributed by atoms with Crippen LogP contribution in [0.1, 0.15) is 84.5 Å². The van der Waals surface area contributed by atoms with Crippen molar-refractivity contribution >= 4 is 0 Å². The first-order chi connectivity index (χ1) is 8.83. The molecule has 1 saturated heterocycles. The maximum absolute atomic E-state index is 5.97. The monoisotopic (exact) mass is 256 g/mol. The summed E-state index contributed by atoms with van der Waals surface area (Å²) in [5, 5.41) is 0. The molecule has 0 radical (unpaired) electrons. The lowest BCUT2D eigenvalue weighted by atomic mass is 9.99. The summed E-state index contributed by atoms with van der Waals surface area (Å²) in [5.74, 6) is -0.223. The van der Waals surface area contributed by atoms with Gasteiger partial charge in [-0.05, 0) is 19.3 Å². The minimum Gasteiger partial charge on any atom is -0.350 e. The van der Waals surface area contributed by atoms with Gasteiger partial charge in [0.15, 0.2) is 5.79 Å². The van der Waals surface area contributed by atoms with Crippen molar-refractivity contribution in [2.24, 2.45) is 0 Å². The van der Waals surface area contributed by atoms with Crippen molar-refractivity contribution in [1.82, 2.24) is 0 Å². The van der Waals surface area contributed by atoms with Crippen LogP contribution in [0.25, 0.3) is 0 Å². The van der Waals surface area contributed by atoms with E-state index in [1.165, 1.54) is 51.4 Å². The van der Waals surface area contributed by atoms with E-state index in [-0.39, 0.29) is 5.79 Å². The van der Waals surface area contributed by atoms with Crippen LogP contribution in [0.5, 0.6) is 0 Å². The Morgan fingerprint density at radius 3 is 1.94 bits per heavy atom. The lowest BCUT2D eigenvalue weighted by Gasteiger charge is -2.37. The first-order valence-electron chi connectivity index (χ1n) is 8.11. The predicted octanol–water partition coefficient (Wildman–Crippen LogP) is 5.06. The molecule has 0 bridgehead atoms. The van der Waals surface area contributed by atoms with E-state index < -0.39 is 0 Å². The zero-order valence-electron chi connectivity index (χ0n) is 12.5. The maximum atomic E-state index is 5.97. The average molecular weight is 256 g/mol. The Morgan fingerprint density at radius 1 is 0.722 bits per heavy atom. The van der Waals surface area contributed by atoms with Crippen LogP contribution in [0.3, 0.4) is 0 Å². The van der Waals surface area contributed by atoms with Crippen LogP contribution in [0.15, 0.2) is 0 Å². The summed E-state index contributed by atoms with van der Waals surface area (Å²) in [4.78, 5) is 0. The second kappa shape index (κ2) is 9.80. The average Bonchev–Trinajstić information content (AvgIpc) is 2.42. The number of hydrogen-bond donors (Lipinski definition) is 0. The van der Waals surface area contributed by atoms with E-state index in [1.54, 1.807) is 0 Å². The van der Waals surface area contributed by atoms with Gasteiger partial charge in [0.05, 0.1) is 13.2 Å². The van der Waals surface area contributed by atoms with Gasteiger partial charge in [-0.1, -0.05) is 52.4 Å². The zero-order valence-corrected chi connectivity index (χ0v) is 12.5. The van der Waals surface area contributed by atoms with Crippen LogP contribution in [0, 0.1) is 0 Å². The van der Waals surface area contributed by atoms with Gasteiger partial charge in [0.2, 0.25) is 0 Å². The quantitative estimate of drug-likeness (QED) is 0.509. The zero-order chi connectivity index (χ0) is 13.1. The summed E-state index contributed by atoms with van der Waals surface area (Å²) in [6.45, 7) is 6.28. The Kier molecular flexibility index (Phi) is 8.70. The van der Waals surface area contributed by atoms with E-state index in [4.69, 9.17) is 9.47 Å². The van der Waals surface area contributed by atoms with E-state index in [2.05, 4.69) is 13.8 Å². The number of unbranched alkanes of at least 4 members (excludes halogenated alkanes) is 6. The summed E-state index contributed by atoms with van der Waals surface area (Å²) in [7, 11) is 0. The minimum atomic E-state index is -0.223. The largest absolute Gasteiger partial charge is 0.350 e. The van der Waals surface area contributed by atoms with Crippen molar-refractivity contribution in [3.8, 4) is 0 Å². The third-order valence-corrected chi connectivity index (χ3v) is 3.84. The molecule has 0 N–H and O–H groups in total. The van der Waals surface area contributed by atoms with Crippen molar-refractivity contribution in [1.29, 1.82) is 0 Å². The molecule has 0 amide bonds. The summed E-state index contributed by atoms with van der Waals surface area (Å²) < 4.78 is 11.9. The normalized spacial score (nSPS) is 19.0. The summed E-state index contributed by atoms with van der Waals surface area (Å²) in [6.07, 6.45) is 13.7. The highest BCUT2D eigenvalue weighted by molar-refractivity contribution is 4.73. The molecule has 0 aromatic carbocycles. The fourth-order valence-electron chi connectivity index (χ4n) is 2.65. The second-order valence-electron chi connectivity index (χ2n) is 5.58. The Morgan fingerprint density at radius 2 is 1.28 bits per heavy atom. The molecular weight excluding hydrogens is 224 g/mol. The van der Waals surface area contributed by atoms with E-state index in [0.717, 1.165) is 32.5 Å². The van der Waals surface area contributed by atoms with Crippen LogP contribution in [-0.4, -0.2) is 19.0 Å². The molecule has 108 valence electrons. The van der Waals surface area contributed by atoms with Gasteiger partial charge in [-0.15, -0.1) is 0 Å². The van der Waals surface area contributed by atoms with E-state index in [9.17, 15) is 0 Å². The van der Waals surface area contributed by atoms with Crippen LogP contribution >= 0.6 is 0 Å². The van der Waals surface area contributed by atoms with Crippen molar-refractivity contribution < 1.29 is 9.47 Å². The molecule has 0 aromatic rings. The Labute approximate surface area is 113 Å². The number of hydrogen-bond acceptors (Lipinski definition) is 2. The predicted molar refractivity (Wildman–Crippen MR) is 76.8 cm³/mol. The van der Waals surface area contributed by atoms with Crippen LogP contribution < -0.4 is 0 Å². The van der Waals surface area contributed by atoms with Gasteiger partial charge in [-0.25, -0.2) is 0 Å². The molecule has 0 aliphatic carbocycles. The van der Waals surface area contributed by atoms with Crippen molar-refractivity contribution in [3.63, 3.8) is 0 Å². The van der Waals surface area contributed by atoms with Crippen molar-refractivity contribution in [2.75, 3.05) is 13.2 Å². The molecule has 2 nitrogen and oxygen atoms in total. The molecule has 0 aromatic heterocycles. The van der Waals surface area contributed by atoms with Gasteiger partial charge in [0.1, 0.15) is 0 Å². The standard InChI is InChI=1S/C16H32O2/c1-3-5-7-8-9-10-13-16(12-6-4-2)17-14-11-15-18-16/h3-15H2,1-2H3. The fourth-order valence-corrected chi connectivity index (χ4v) is 2.65. The van der Waals surface area contributed by atoms with Crippen LogP contribution in [-0.2, 0) is 9.47 Å². The molecule has 0 spiro atoms. The molecule has 0 unspecified atom stereocenters. The van der Waals surface area contributed by atoms with Gasteiger partial charge in [0, 0.05) is 12.8 Å². The second-order valence-corrected chi connectivity index (χ2v) is 5.58.